The number of aryl methyl sites for hydroxylation is 1. The fourth-order valence-corrected chi connectivity index (χ4v) is 2.59. The average Bonchev–Trinajstić information content (AvgIpc) is 2.97. The second-order valence-corrected chi connectivity index (χ2v) is 5.19. The first-order valence-electron chi connectivity index (χ1n) is 5.67. The van der Waals surface area contributed by atoms with Crippen LogP contribution in [0.2, 0.25) is 0 Å². The minimum absolute atomic E-state index is 0.208. The maximum Gasteiger partial charge on any atom is 0.278 e. The number of hydrogen-bond acceptors (Lipinski definition) is 4. The topological polar surface area (TPSA) is 70.1 Å². The molecule has 0 bridgehead atoms. The summed E-state index contributed by atoms with van der Waals surface area (Å²) in [5.74, 6) is 0.718. The zero-order valence-electron chi connectivity index (χ0n) is 9.86. The molecule has 2 heterocycles. The van der Waals surface area contributed by atoms with E-state index in [9.17, 15) is 4.79 Å². The number of thioether (sulfide) groups is 1. The Hall–Kier alpha value is -1.82. The summed E-state index contributed by atoms with van der Waals surface area (Å²) in [6, 6.07) is 5.87. The van der Waals surface area contributed by atoms with Crippen LogP contribution in [0.1, 0.15) is 16.1 Å². The predicted octanol–water partition coefficient (Wildman–Crippen LogP) is 1.70. The SMILES string of the molecule is Cc1ccc2[nH]nc(C(=O)NC3=NCCS3)c2c1. The Morgan fingerprint density at radius 2 is 2.39 bits per heavy atom. The molecular formula is C12H12N4OS. The molecule has 2 N–H and O–H groups in total. The standard InChI is InChI=1S/C12H12N4OS/c1-7-2-3-9-8(6-7)10(16-15-9)11(17)14-12-13-4-5-18-12/h2-3,6H,4-5H2,1H3,(H,15,16)(H,13,14,17). The van der Waals surface area contributed by atoms with E-state index >= 15 is 0 Å². The highest BCUT2D eigenvalue weighted by Crippen LogP contribution is 2.18. The number of carbonyl (C=O) groups excluding carboxylic acids is 1. The Morgan fingerprint density at radius 1 is 1.50 bits per heavy atom. The number of hydrogen-bond donors (Lipinski definition) is 2. The Bertz CT molecular complexity index is 647. The normalized spacial score (nSPS) is 14.8. The molecule has 0 spiro atoms. The molecule has 0 unspecified atom stereocenters. The van der Waals surface area contributed by atoms with Crippen LogP contribution in [0.15, 0.2) is 23.2 Å². The van der Waals surface area contributed by atoms with Crippen LogP contribution in [-0.4, -0.2) is 33.6 Å². The summed E-state index contributed by atoms with van der Waals surface area (Å²) in [6.45, 7) is 2.76. The molecule has 0 saturated carbocycles. The van der Waals surface area contributed by atoms with Crippen molar-refractivity contribution < 1.29 is 4.79 Å². The van der Waals surface area contributed by atoms with Gasteiger partial charge in [0, 0.05) is 11.1 Å². The second kappa shape index (κ2) is 4.45. The van der Waals surface area contributed by atoms with E-state index in [0.717, 1.165) is 28.8 Å². The van der Waals surface area contributed by atoms with Crippen LogP contribution in [-0.2, 0) is 0 Å². The average molecular weight is 260 g/mol. The number of benzene rings is 1. The van der Waals surface area contributed by atoms with Crippen molar-refractivity contribution in [3.8, 4) is 0 Å². The number of carbonyl (C=O) groups is 1. The van der Waals surface area contributed by atoms with Crippen molar-refractivity contribution in [1.82, 2.24) is 15.5 Å². The first kappa shape index (κ1) is 11.3. The van der Waals surface area contributed by atoms with Gasteiger partial charge in [-0.05, 0) is 19.1 Å². The van der Waals surface area contributed by atoms with Gasteiger partial charge >= 0.3 is 0 Å². The van der Waals surface area contributed by atoms with E-state index in [0.29, 0.717) is 10.9 Å². The van der Waals surface area contributed by atoms with Crippen molar-refractivity contribution in [3.63, 3.8) is 0 Å². The van der Waals surface area contributed by atoms with Crippen molar-refractivity contribution in [2.24, 2.45) is 4.99 Å². The summed E-state index contributed by atoms with van der Waals surface area (Å²) in [5.41, 5.74) is 2.39. The zero-order valence-corrected chi connectivity index (χ0v) is 10.7. The quantitative estimate of drug-likeness (QED) is 0.820. The fraction of sp³-hybridized carbons (Fsp3) is 0.250. The minimum atomic E-state index is -0.208. The summed E-state index contributed by atoms with van der Waals surface area (Å²) in [5, 5.41) is 11.3. The highest BCUT2D eigenvalue weighted by atomic mass is 32.2. The molecule has 92 valence electrons. The maximum atomic E-state index is 12.1. The van der Waals surface area contributed by atoms with Gasteiger partial charge in [0.1, 0.15) is 0 Å². The van der Waals surface area contributed by atoms with Crippen LogP contribution in [0, 0.1) is 6.92 Å². The molecule has 1 aliphatic heterocycles. The third-order valence-corrected chi connectivity index (χ3v) is 3.63. The van der Waals surface area contributed by atoms with Gasteiger partial charge in [0.15, 0.2) is 10.9 Å². The number of nitrogens with one attached hydrogen (secondary N) is 2. The van der Waals surface area contributed by atoms with Crippen molar-refractivity contribution in [2.45, 2.75) is 6.92 Å². The number of aromatic amines is 1. The Kier molecular flexibility index (Phi) is 2.79. The summed E-state index contributed by atoms with van der Waals surface area (Å²) in [4.78, 5) is 16.3. The van der Waals surface area contributed by atoms with E-state index in [1.165, 1.54) is 0 Å². The van der Waals surface area contributed by atoms with E-state index in [2.05, 4.69) is 20.5 Å². The Balaban J connectivity index is 1.93. The first-order valence-corrected chi connectivity index (χ1v) is 6.66. The molecule has 0 atom stereocenters. The van der Waals surface area contributed by atoms with Gasteiger partial charge in [0.05, 0.1) is 12.1 Å². The third-order valence-electron chi connectivity index (χ3n) is 2.74. The molecule has 2 aromatic rings. The number of aromatic nitrogens is 2. The van der Waals surface area contributed by atoms with Crippen LogP contribution in [0.25, 0.3) is 10.9 Å². The van der Waals surface area contributed by atoms with E-state index in [-0.39, 0.29) is 5.91 Å². The van der Waals surface area contributed by atoms with Crippen molar-refractivity contribution in [2.75, 3.05) is 12.3 Å². The lowest BCUT2D eigenvalue weighted by molar-refractivity contribution is 0.0974. The zero-order chi connectivity index (χ0) is 12.5. The smallest absolute Gasteiger partial charge is 0.278 e. The Morgan fingerprint density at radius 3 is 3.17 bits per heavy atom. The highest BCUT2D eigenvalue weighted by molar-refractivity contribution is 8.14. The van der Waals surface area contributed by atoms with Gasteiger partial charge in [0.25, 0.3) is 5.91 Å². The lowest BCUT2D eigenvalue weighted by atomic mass is 10.1. The van der Waals surface area contributed by atoms with Crippen LogP contribution in [0.5, 0.6) is 0 Å². The van der Waals surface area contributed by atoms with Gasteiger partial charge in [0.2, 0.25) is 0 Å². The molecule has 6 heteroatoms. The fourth-order valence-electron chi connectivity index (χ4n) is 1.87. The predicted molar refractivity (Wildman–Crippen MR) is 73.1 cm³/mol. The van der Waals surface area contributed by atoms with Gasteiger partial charge < -0.3 is 0 Å². The van der Waals surface area contributed by atoms with Gasteiger partial charge in [-0.15, -0.1) is 0 Å². The molecule has 5 nitrogen and oxygen atoms in total. The van der Waals surface area contributed by atoms with E-state index in [1.807, 2.05) is 25.1 Å². The number of aliphatic imine (C=N–C) groups is 1. The van der Waals surface area contributed by atoms with Gasteiger partial charge in [-0.25, -0.2) is 0 Å². The second-order valence-electron chi connectivity index (χ2n) is 4.11. The van der Waals surface area contributed by atoms with Gasteiger partial charge in [-0.3, -0.25) is 20.2 Å². The van der Waals surface area contributed by atoms with Crippen LogP contribution >= 0.6 is 11.8 Å². The van der Waals surface area contributed by atoms with E-state index < -0.39 is 0 Å². The van der Waals surface area contributed by atoms with E-state index in [1.54, 1.807) is 11.8 Å². The molecule has 3 rings (SSSR count). The monoisotopic (exact) mass is 260 g/mol. The largest absolute Gasteiger partial charge is 0.300 e. The molecule has 0 fully saturated rings. The first-order chi connectivity index (χ1) is 8.74. The molecule has 1 aromatic carbocycles. The minimum Gasteiger partial charge on any atom is -0.300 e. The molecular weight excluding hydrogens is 248 g/mol. The summed E-state index contributed by atoms with van der Waals surface area (Å²) < 4.78 is 0. The van der Waals surface area contributed by atoms with Crippen LogP contribution < -0.4 is 5.32 Å². The number of H-pyrrole nitrogens is 1. The summed E-state index contributed by atoms with van der Waals surface area (Å²) >= 11 is 1.56. The Labute approximate surface area is 108 Å². The molecule has 0 aliphatic carbocycles. The lowest BCUT2D eigenvalue weighted by Gasteiger charge is -2.01. The molecule has 1 aliphatic rings. The van der Waals surface area contributed by atoms with Gasteiger partial charge in [-0.2, -0.15) is 5.10 Å². The van der Waals surface area contributed by atoms with Crippen molar-refractivity contribution >= 4 is 33.7 Å². The molecule has 1 aromatic heterocycles. The highest BCUT2D eigenvalue weighted by Gasteiger charge is 2.17. The summed E-state index contributed by atoms with van der Waals surface area (Å²) in [6.07, 6.45) is 0. The number of fused-ring (bicyclic) bond motifs is 1. The van der Waals surface area contributed by atoms with Crippen molar-refractivity contribution in [3.05, 3.63) is 29.5 Å². The summed E-state index contributed by atoms with van der Waals surface area (Å²) in [7, 11) is 0. The van der Waals surface area contributed by atoms with Crippen LogP contribution in [0.3, 0.4) is 0 Å². The van der Waals surface area contributed by atoms with Crippen molar-refractivity contribution in [1.29, 1.82) is 0 Å². The number of amides is 1. The van der Waals surface area contributed by atoms with Gasteiger partial charge in [-0.1, -0.05) is 23.4 Å². The molecule has 1 amide bonds. The lowest BCUT2D eigenvalue weighted by Crippen LogP contribution is -2.27. The molecule has 18 heavy (non-hydrogen) atoms. The van der Waals surface area contributed by atoms with Crippen LogP contribution in [0.4, 0.5) is 0 Å². The molecule has 0 radical (unpaired) electrons. The maximum absolute atomic E-state index is 12.1. The number of amidine groups is 1. The van der Waals surface area contributed by atoms with E-state index in [4.69, 9.17) is 0 Å². The molecule has 0 saturated heterocycles. The number of rotatable bonds is 1. The number of nitrogens with zero attached hydrogens (tertiary/aromatic N) is 2. The third kappa shape index (κ3) is 1.99.